The summed E-state index contributed by atoms with van der Waals surface area (Å²) in [4.78, 5) is 12.8. The van der Waals surface area contributed by atoms with Crippen LogP contribution in [0, 0.1) is 5.41 Å². The molecular formula is C21H21N3O2S. The average Bonchev–Trinajstić information content (AvgIpc) is 3.35. The summed E-state index contributed by atoms with van der Waals surface area (Å²) in [6.45, 7) is 0. The molecule has 138 valence electrons. The number of hydrogen-bond acceptors (Lipinski definition) is 5. The minimum absolute atomic E-state index is 0.0513. The van der Waals surface area contributed by atoms with E-state index in [2.05, 4.69) is 27.6 Å². The molecule has 0 aliphatic heterocycles. The predicted octanol–water partition coefficient (Wildman–Crippen LogP) is 4.10. The highest BCUT2D eigenvalue weighted by atomic mass is 32.1. The molecule has 1 fully saturated rings. The van der Waals surface area contributed by atoms with Gasteiger partial charge in [0.05, 0.1) is 12.5 Å². The van der Waals surface area contributed by atoms with Crippen LogP contribution < -0.4 is 10.1 Å². The summed E-state index contributed by atoms with van der Waals surface area (Å²) in [5.74, 6) is 0.873. The van der Waals surface area contributed by atoms with Crippen molar-refractivity contribution in [3.8, 4) is 5.75 Å². The van der Waals surface area contributed by atoms with Crippen LogP contribution in [0.2, 0.25) is 0 Å². The first-order chi connectivity index (χ1) is 13.2. The molecule has 0 saturated heterocycles. The molecule has 0 radical (unpaired) electrons. The molecule has 0 bridgehead atoms. The number of ether oxygens (including phenoxy) is 1. The van der Waals surface area contributed by atoms with E-state index in [-0.39, 0.29) is 11.3 Å². The van der Waals surface area contributed by atoms with Crippen LogP contribution in [0.1, 0.15) is 29.0 Å². The van der Waals surface area contributed by atoms with Gasteiger partial charge in [0.15, 0.2) is 0 Å². The molecule has 2 aromatic carbocycles. The fourth-order valence-electron chi connectivity index (χ4n) is 3.18. The molecule has 4 rings (SSSR count). The van der Waals surface area contributed by atoms with E-state index in [1.165, 1.54) is 16.9 Å². The van der Waals surface area contributed by atoms with Gasteiger partial charge in [-0.2, -0.15) is 0 Å². The fourth-order valence-corrected chi connectivity index (χ4v) is 3.95. The Kier molecular flexibility index (Phi) is 4.90. The number of hydrogen-bond donors (Lipinski definition) is 1. The summed E-state index contributed by atoms with van der Waals surface area (Å²) in [5, 5.41) is 12.8. The first-order valence-electron chi connectivity index (χ1n) is 8.98. The van der Waals surface area contributed by atoms with Gasteiger partial charge >= 0.3 is 0 Å². The van der Waals surface area contributed by atoms with Crippen LogP contribution in [-0.2, 0) is 17.6 Å². The van der Waals surface area contributed by atoms with Gasteiger partial charge in [-0.05, 0) is 42.5 Å². The topological polar surface area (TPSA) is 64.1 Å². The summed E-state index contributed by atoms with van der Waals surface area (Å²) >= 11 is 1.42. The molecule has 1 saturated carbocycles. The number of anilines is 1. The molecule has 27 heavy (non-hydrogen) atoms. The fraction of sp³-hybridized carbons (Fsp3) is 0.286. The van der Waals surface area contributed by atoms with Gasteiger partial charge in [-0.3, -0.25) is 4.79 Å². The van der Waals surface area contributed by atoms with E-state index in [4.69, 9.17) is 4.74 Å². The third-order valence-electron chi connectivity index (χ3n) is 4.90. The zero-order chi connectivity index (χ0) is 18.7. The van der Waals surface area contributed by atoms with Crippen molar-refractivity contribution < 1.29 is 9.53 Å². The SMILES string of the molecule is COc1cccc(Cc2nnc(NC(=O)C3(Cc4ccccc4)CC3)s2)c1. The van der Waals surface area contributed by atoms with Crippen molar-refractivity contribution in [3.63, 3.8) is 0 Å². The molecule has 1 aliphatic rings. The monoisotopic (exact) mass is 379 g/mol. The Hall–Kier alpha value is -2.73. The first-order valence-corrected chi connectivity index (χ1v) is 9.79. The van der Waals surface area contributed by atoms with Crippen LogP contribution in [0.3, 0.4) is 0 Å². The van der Waals surface area contributed by atoms with Crippen LogP contribution in [0.25, 0.3) is 0 Å². The lowest BCUT2D eigenvalue weighted by Crippen LogP contribution is -2.26. The molecule has 1 amide bonds. The molecule has 0 unspecified atom stereocenters. The van der Waals surface area contributed by atoms with E-state index >= 15 is 0 Å². The Labute approximate surface area is 162 Å². The van der Waals surface area contributed by atoms with Gasteiger partial charge in [-0.15, -0.1) is 10.2 Å². The van der Waals surface area contributed by atoms with E-state index in [1.54, 1.807) is 7.11 Å². The van der Waals surface area contributed by atoms with Crippen LogP contribution in [0.5, 0.6) is 5.75 Å². The van der Waals surface area contributed by atoms with Gasteiger partial charge in [0.2, 0.25) is 11.0 Å². The van der Waals surface area contributed by atoms with Crippen molar-refractivity contribution >= 4 is 22.4 Å². The Morgan fingerprint density at radius 1 is 1.11 bits per heavy atom. The molecule has 6 heteroatoms. The molecule has 3 aromatic rings. The Balaban J connectivity index is 1.39. The number of rotatable bonds is 7. The highest BCUT2D eigenvalue weighted by Crippen LogP contribution is 2.49. The van der Waals surface area contributed by atoms with Crippen LogP contribution in [0.4, 0.5) is 5.13 Å². The predicted molar refractivity (Wildman–Crippen MR) is 106 cm³/mol. The van der Waals surface area contributed by atoms with Crippen molar-refractivity contribution in [2.45, 2.75) is 25.7 Å². The van der Waals surface area contributed by atoms with Gasteiger partial charge in [-0.1, -0.05) is 53.8 Å². The van der Waals surface area contributed by atoms with Gasteiger partial charge < -0.3 is 10.1 Å². The number of carbonyl (C=O) groups is 1. The number of nitrogens with zero attached hydrogens (tertiary/aromatic N) is 2. The highest BCUT2D eigenvalue weighted by molar-refractivity contribution is 7.15. The first kappa shape index (κ1) is 17.7. The second kappa shape index (κ2) is 7.48. The van der Waals surface area contributed by atoms with Crippen molar-refractivity contribution in [2.24, 2.45) is 5.41 Å². The lowest BCUT2D eigenvalue weighted by molar-refractivity contribution is -0.121. The van der Waals surface area contributed by atoms with E-state index in [0.717, 1.165) is 35.6 Å². The zero-order valence-corrected chi connectivity index (χ0v) is 16.0. The molecule has 0 spiro atoms. The molecule has 1 heterocycles. The number of carbonyl (C=O) groups excluding carboxylic acids is 1. The summed E-state index contributed by atoms with van der Waals surface area (Å²) in [6.07, 6.45) is 3.28. The molecular weight excluding hydrogens is 358 g/mol. The van der Waals surface area contributed by atoms with Gasteiger partial charge in [0, 0.05) is 6.42 Å². The van der Waals surface area contributed by atoms with Crippen molar-refractivity contribution in [3.05, 3.63) is 70.7 Å². The summed E-state index contributed by atoms with van der Waals surface area (Å²) in [7, 11) is 1.65. The zero-order valence-electron chi connectivity index (χ0n) is 15.1. The molecule has 0 atom stereocenters. The number of nitrogens with one attached hydrogen (secondary N) is 1. The number of aromatic nitrogens is 2. The largest absolute Gasteiger partial charge is 0.497 e. The maximum Gasteiger partial charge on any atom is 0.232 e. The van der Waals surface area contributed by atoms with Crippen LogP contribution in [-0.4, -0.2) is 23.2 Å². The average molecular weight is 379 g/mol. The summed E-state index contributed by atoms with van der Waals surface area (Å²) in [5.41, 5.74) is 2.01. The van der Waals surface area contributed by atoms with Crippen molar-refractivity contribution in [1.29, 1.82) is 0 Å². The van der Waals surface area contributed by atoms with E-state index < -0.39 is 0 Å². The minimum atomic E-state index is -0.292. The quantitative estimate of drug-likeness (QED) is 0.671. The summed E-state index contributed by atoms with van der Waals surface area (Å²) < 4.78 is 5.25. The summed E-state index contributed by atoms with van der Waals surface area (Å²) in [6, 6.07) is 18.1. The number of amides is 1. The molecule has 1 aliphatic carbocycles. The van der Waals surface area contributed by atoms with Crippen molar-refractivity contribution in [1.82, 2.24) is 10.2 Å². The lowest BCUT2D eigenvalue weighted by Gasteiger charge is -2.13. The third kappa shape index (κ3) is 4.17. The highest BCUT2D eigenvalue weighted by Gasteiger charge is 2.49. The number of methoxy groups -OCH3 is 1. The normalized spacial score (nSPS) is 14.6. The van der Waals surface area contributed by atoms with E-state index in [0.29, 0.717) is 11.6 Å². The van der Waals surface area contributed by atoms with Crippen LogP contribution >= 0.6 is 11.3 Å². The van der Waals surface area contributed by atoms with Gasteiger partial charge in [0.25, 0.3) is 0 Å². The molecule has 1 N–H and O–H groups in total. The molecule has 5 nitrogen and oxygen atoms in total. The number of benzene rings is 2. The second-order valence-corrected chi connectivity index (χ2v) is 7.99. The standard InChI is InChI=1S/C21H21N3O2S/c1-26-17-9-5-8-16(12-17)13-18-23-24-20(27-18)22-19(25)21(10-11-21)14-15-6-3-2-4-7-15/h2-9,12H,10-11,13-14H2,1H3,(H,22,24,25). The minimum Gasteiger partial charge on any atom is -0.497 e. The second-order valence-electron chi connectivity index (χ2n) is 6.93. The Bertz CT molecular complexity index is 935. The third-order valence-corrected chi connectivity index (χ3v) is 5.74. The van der Waals surface area contributed by atoms with E-state index in [9.17, 15) is 4.79 Å². The maximum atomic E-state index is 12.8. The Morgan fingerprint density at radius 2 is 1.89 bits per heavy atom. The lowest BCUT2D eigenvalue weighted by atomic mass is 9.96. The van der Waals surface area contributed by atoms with E-state index in [1.807, 2.05) is 42.5 Å². The van der Waals surface area contributed by atoms with Gasteiger partial charge in [-0.25, -0.2) is 0 Å². The molecule has 1 aromatic heterocycles. The maximum absolute atomic E-state index is 12.8. The Morgan fingerprint density at radius 3 is 2.63 bits per heavy atom. The van der Waals surface area contributed by atoms with Gasteiger partial charge in [0.1, 0.15) is 10.8 Å². The smallest absolute Gasteiger partial charge is 0.232 e. The van der Waals surface area contributed by atoms with Crippen molar-refractivity contribution in [2.75, 3.05) is 12.4 Å². The van der Waals surface area contributed by atoms with Crippen LogP contribution in [0.15, 0.2) is 54.6 Å².